The normalized spacial score (nSPS) is 43.3. The Morgan fingerprint density at radius 3 is 2.71 bits per heavy atom. The fourth-order valence-electron chi connectivity index (χ4n) is 3.74. The van der Waals surface area contributed by atoms with Gasteiger partial charge in [0.2, 0.25) is 0 Å². The molecule has 0 bridgehead atoms. The summed E-state index contributed by atoms with van der Waals surface area (Å²) < 4.78 is 1.31. The summed E-state index contributed by atoms with van der Waals surface area (Å²) in [6.45, 7) is 3.15. The van der Waals surface area contributed by atoms with Gasteiger partial charge in [-0.3, -0.25) is 0 Å². The maximum Gasteiger partial charge on any atom is 0.0917 e. The molecule has 0 aromatic rings. The minimum atomic E-state index is 0.390. The number of aliphatic hydroxyl groups is 1. The minimum Gasteiger partial charge on any atom is -0.396 e. The zero-order valence-electron chi connectivity index (χ0n) is 9.41. The van der Waals surface area contributed by atoms with Crippen LogP contribution in [0.2, 0.25) is 0 Å². The van der Waals surface area contributed by atoms with Crippen LogP contribution in [0.4, 0.5) is 0 Å². The van der Waals surface area contributed by atoms with Crippen molar-refractivity contribution >= 4 is 0 Å². The lowest BCUT2D eigenvalue weighted by molar-refractivity contribution is -0.947. The van der Waals surface area contributed by atoms with E-state index in [0.29, 0.717) is 6.61 Å². The average Bonchev–Trinajstić information content (AvgIpc) is 2.18. The highest BCUT2D eigenvalue weighted by atomic mass is 16.3. The zero-order chi connectivity index (χ0) is 10.0. The lowest BCUT2D eigenvalue weighted by Gasteiger charge is -2.51. The highest BCUT2D eigenvalue weighted by molar-refractivity contribution is 4.78. The molecule has 0 aromatic heterocycles. The summed E-state index contributed by atoms with van der Waals surface area (Å²) in [5, 5.41) is 9.09. The van der Waals surface area contributed by atoms with Crippen molar-refractivity contribution in [3.8, 4) is 0 Å². The minimum absolute atomic E-state index is 0.390. The summed E-state index contributed by atoms with van der Waals surface area (Å²) in [4.78, 5) is 0. The van der Waals surface area contributed by atoms with E-state index in [1.165, 1.54) is 49.7 Å². The standard InChI is InChI=1S/C12H24NO/c1-13-8-3-2-6-12(13)11(7-10-14)5-4-9-13/h11-12,14H,2-10H2,1H3/q+1/t11-,12+,13-/m1/s1. The number of quaternary nitrogens is 1. The van der Waals surface area contributed by atoms with Gasteiger partial charge < -0.3 is 9.59 Å². The van der Waals surface area contributed by atoms with Crippen LogP contribution in [0, 0.1) is 5.92 Å². The first-order valence-corrected chi connectivity index (χ1v) is 6.21. The van der Waals surface area contributed by atoms with Gasteiger partial charge in [0.15, 0.2) is 0 Å². The van der Waals surface area contributed by atoms with Crippen molar-refractivity contribution in [1.29, 1.82) is 0 Å². The predicted octanol–water partition coefficient (Wildman–Crippen LogP) is 1.78. The topological polar surface area (TPSA) is 20.2 Å². The molecule has 2 fully saturated rings. The molecule has 0 saturated carbocycles. The second-order valence-corrected chi connectivity index (χ2v) is 5.40. The molecule has 2 rings (SSSR count). The monoisotopic (exact) mass is 198 g/mol. The molecule has 2 aliphatic rings. The van der Waals surface area contributed by atoms with E-state index in [9.17, 15) is 0 Å². The van der Waals surface area contributed by atoms with Crippen LogP contribution >= 0.6 is 0 Å². The SMILES string of the molecule is C[N@+]12CCCC[C@H]1[C@@H](CCO)CCC2. The van der Waals surface area contributed by atoms with Gasteiger partial charge in [-0.15, -0.1) is 0 Å². The molecule has 1 N–H and O–H groups in total. The van der Waals surface area contributed by atoms with Crippen LogP contribution in [-0.2, 0) is 0 Å². The molecule has 2 aliphatic heterocycles. The Bertz CT molecular complexity index is 189. The summed E-state index contributed by atoms with van der Waals surface area (Å²) in [6.07, 6.45) is 8.01. The third-order valence-corrected chi connectivity index (χ3v) is 4.51. The van der Waals surface area contributed by atoms with Crippen molar-refractivity contribution in [1.82, 2.24) is 0 Å². The zero-order valence-corrected chi connectivity index (χ0v) is 9.41. The quantitative estimate of drug-likeness (QED) is 0.671. The van der Waals surface area contributed by atoms with Crippen molar-refractivity contribution in [2.75, 3.05) is 26.7 Å². The number of aliphatic hydroxyl groups excluding tert-OH is 1. The third kappa shape index (κ3) is 1.82. The Morgan fingerprint density at radius 1 is 1.14 bits per heavy atom. The van der Waals surface area contributed by atoms with E-state index in [0.717, 1.165) is 18.4 Å². The van der Waals surface area contributed by atoms with Crippen molar-refractivity contribution < 1.29 is 9.59 Å². The van der Waals surface area contributed by atoms with Gasteiger partial charge in [-0.25, -0.2) is 0 Å². The lowest BCUT2D eigenvalue weighted by Crippen LogP contribution is -2.60. The third-order valence-electron chi connectivity index (χ3n) is 4.51. The summed E-state index contributed by atoms with van der Waals surface area (Å²) in [6, 6.07) is 0.865. The fraction of sp³-hybridized carbons (Fsp3) is 1.00. The largest absolute Gasteiger partial charge is 0.396 e. The number of rotatable bonds is 2. The number of nitrogens with zero attached hydrogens (tertiary/aromatic N) is 1. The van der Waals surface area contributed by atoms with E-state index in [-0.39, 0.29) is 0 Å². The van der Waals surface area contributed by atoms with Crippen LogP contribution in [0.3, 0.4) is 0 Å². The summed E-state index contributed by atoms with van der Waals surface area (Å²) in [5.41, 5.74) is 0. The highest BCUT2D eigenvalue weighted by Crippen LogP contribution is 2.37. The summed E-state index contributed by atoms with van der Waals surface area (Å²) in [5.74, 6) is 0.805. The molecule has 2 heterocycles. The fourth-order valence-corrected chi connectivity index (χ4v) is 3.74. The molecule has 82 valence electrons. The van der Waals surface area contributed by atoms with Crippen LogP contribution in [0.1, 0.15) is 38.5 Å². The number of piperidine rings is 2. The Hall–Kier alpha value is -0.0800. The van der Waals surface area contributed by atoms with Crippen LogP contribution in [0.15, 0.2) is 0 Å². The number of fused-ring (bicyclic) bond motifs is 1. The van der Waals surface area contributed by atoms with Crippen molar-refractivity contribution in [3.05, 3.63) is 0 Å². The van der Waals surface area contributed by atoms with Gasteiger partial charge in [-0.1, -0.05) is 0 Å². The molecular formula is C12H24NO+. The first-order chi connectivity index (χ1) is 6.76. The maximum absolute atomic E-state index is 9.09. The van der Waals surface area contributed by atoms with Crippen LogP contribution in [-0.4, -0.2) is 42.4 Å². The van der Waals surface area contributed by atoms with Crippen molar-refractivity contribution in [2.24, 2.45) is 5.92 Å². The predicted molar refractivity (Wildman–Crippen MR) is 58.0 cm³/mol. The van der Waals surface area contributed by atoms with Crippen LogP contribution < -0.4 is 0 Å². The second kappa shape index (κ2) is 4.19. The molecule has 14 heavy (non-hydrogen) atoms. The molecule has 2 heteroatoms. The van der Waals surface area contributed by atoms with Gasteiger partial charge in [0, 0.05) is 12.5 Å². The smallest absolute Gasteiger partial charge is 0.0917 e. The van der Waals surface area contributed by atoms with E-state index in [2.05, 4.69) is 7.05 Å². The van der Waals surface area contributed by atoms with Crippen molar-refractivity contribution in [3.63, 3.8) is 0 Å². The average molecular weight is 198 g/mol. The molecule has 2 saturated heterocycles. The van der Waals surface area contributed by atoms with Crippen molar-refractivity contribution in [2.45, 2.75) is 44.6 Å². The Labute approximate surface area is 87.5 Å². The van der Waals surface area contributed by atoms with Crippen LogP contribution in [0.5, 0.6) is 0 Å². The maximum atomic E-state index is 9.09. The number of hydrogen-bond acceptors (Lipinski definition) is 1. The first-order valence-electron chi connectivity index (χ1n) is 6.21. The van der Waals surface area contributed by atoms with E-state index in [1.807, 2.05) is 0 Å². The van der Waals surface area contributed by atoms with Gasteiger partial charge in [-0.05, 0) is 38.5 Å². The molecular weight excluding hydrogens is 174 g/mol. The van der Waals surface area contributed by atoms with Gasteiger partial charge in [0.1, 0.15) is 0 Å². The second-order valence-electron chi connectivity index (χ2n) is 5.40. The summed E-state index contributed by atoms with van der Waals surface area (Å²) >= 11 is 0. The van der Waals surface area contributed by atoms with Gasteiger partial charge >= 0.3 is 0 Å². The Kier molecular flexibility index (Phi) is 3.13. The molecule has 3 atom stereocenters. The first kappa shape index (κ1) is 10.4. The summed E-state index contributed by atoms with van der Waals surface area (Å²) in [7, 11) is 2.44. The molecule has 0 amide bonds. The lowest BCUT2D eigenvalue weighted by atomic mass is 9.80. The molecule has 0 aromatic carbocycles. The molecule has 0 unspecified atom stereocenters. The number of hydrogen-bond donors (Lipinski definition) is 1. The van der Waals surface area contributed by atoms with E-state index < -0.39 is 0 Å². The van der Waals surface area contributed by atoms with E-state index in [1.54, 1.807) is 0 Å². The molecule has 0 radical (unpaired) electrons. The molecule has 2 nitrogen and oxygen atoms in total. The highest BCUT2D eigenvalue weighted by Gasteiger charge is 2.42. The van der Waals surface area contributed by atoms with Gasteiger partial charge in [0.05, 0.1) is 26.2 Å². The van der Waals surface area contributed by atoms with Gasteiger partial charge in [-0.2, -0.15) is 0 Å². The van der Waals surface area contributed by atoms with E-state index in [4.69, 9.17) is 5.11 Å². The molecule has 0 aliphatic carbocycles. The Balaban J connectivity index is 2.06. The van der Waals surface area contributed by atoms with E-state index >= 15 is 0 Å². The molecule has 0 spiro atoms. The Morgan fingerprint density at radius 2 is 1.93 bits per heavy atom. The van der Waals surface area contributed by atoms with Gasteiger partial charge in [0.25, 0.3) is 0 Å². The van der Waals surface area contributed by atoms with Crippen LogP contribution in [0.25, 0.3) is 0 Å².